The monoisotopic (exact) mass is 303 g/mol. The third kappa shape index (κ3) is 3.44. The first-order valence-corrected chi connectivity index (χ1v) is 7.19. The highest BCUT2D eigenvalue weighted by molar-refractivity contribution is 5.98. The molecule has 1 aliphatic rings. The summed E-state index contributed by atoms with van der Waals surface area (Å²) in [5.74, 6) is -1.06. The van der Waals surface area contributed by atoms with Crippen molar-refractivity contribution in [3.05, 3.63) is 29.8 Å². The highest BCUT2D eigenvalue weighted by atomic mass is 16.2. The molecule has 6 nitrogen and oxygen atoms in total. The van der Waals surface area contributed by atoms with Crippen LogP contribution in [0.2, 0.25) is 0 Å². The Labute approximate surface area is 129 Å². The molecular formula is C16H21N3O3. The number of nitrogens with zero attached hydrogens (tertiary/aromatic N) is 1. The number of rotatable bonds is 3. The zero-order chi connectivity index (χ0) is 16.5. The molecule has 0 aliphatic carbocycles. The largest absolute Gasteiger partial charge is 0.366 e. The standard InChI is InChI=1S/C16H21N3O3/c1-16(2,3)19-9-11(8-13(19)20)15(22)18-12-6-4-10(5-7-12)14(17)21/h4-7,11H,8-9H2,1-3H3,(H2,17,21)(H,18,22)/t11-/m0/s1. The maximum Gasteiger partial charge on any atom is 0.248 e. The van der Waals surface area contributed by atoms with Crippen molar-refractivity contribution in [1.82, 2.24) is 4.90 Å². The fourth-order valence-corrected chi connectivity index (χ4v) is 2.49. The van der Waals surface area contributed by atoms with Crippen molar-refractivity contribution >= 4 is 23.4 Å². The van der Waals surface area contributed by atoms with Gasteiger partial charge in [-0.1, -0.05) is 0 Å². The highest BCUT2D eigenvalue weighted by Crippen LogP contribution is 2.26. The quantitative estimate of drug-likeness (QED) is 0.883. The smallest absolute Gasteiger partial charge is 0.248 e. The Morgan fingerprint density at radius 3 is 2.27 bits per heavy atom. The van der Waals surface area contributed by atoms with Gasteiger partial charge in [-0.25, -0.2) is 0 Å². The van der Waals surface area contributed by atoms with Crippen molar-refractivity contribution in [3.8, 4) is 0 Å². The maximum absolute atomic E-state index is 12.3. The Kier molecular flexibility index (Phi) is 4.21. The van der Waals surface area contributed by atoms with E-state index in [1.54, 1.807) is 29.2 Å². The number of hydrogen-bond donors (Lipinski definition) is 2. The summed E-state index contributed by atoms with van der Waals surface area (Å²) < 4.78 is 0. The van der Waals surface area contributed by atoms with Crippen LogP contribution in [-0.4, -0.2) is 34.7 Å². The van der Waals surface area contributed by atoms with Crippen LogP contribution in [0.3, 0.4) is 0 Å². The highest BCUT2D eigenvalue weighted by Gasteiger charge is 2.39. The number of nitrogens with one attached hydrogen (secondary N) is 1. The van der Waals surface area contributed by atoms with Gasteiger partial charge in [0.05, 0.1) is 5.92 Å². The molecule has 0 bridgehead atoms. The number of benzene rings is 1. The van der Waals surface area contributed by atoms with Crippen LogP contribution in [0.4, 0.5) is 5.69 Å². The van der Waals surface area contributed by atoms with Gasteiger partial charge in [-0.3, -0.25) is 14.4 Å². The first-order chi connectivity index (χ1) is 10.2. The molecule has 1 heterocycles. The Morgan fingerprint density at radius 2 is 1.82 bits per heavy atom. The van der Waals surface area contributed by atoms with Crippen LogP contribution in [0.5, 0.6) is 0 Å². The number of likely N-dealkylation sites (tertiary alicyclic amines) is 1. The Morgan fingerprint density at radius 1 is 1.23 bits per heavy atom. The van der Waals surface area contributed by atoms with Gasteiger partial charge in [0, 0.05) is 29.8 Å². The summed E-state index contributed by atoms with van der Waals surface area (Å²) in [7, 11) is 0. The third-order valence-electron chi connectivity index (χ3n) is 3.74. The summed E-state index contributed by atoms with van der Waals surface area (Å²) in [4.78, 5) is 37.0. The summed E-state index contributed by atoms with van der Waals surface area (Å²) in [6.07, 6.45) is 0.225. The van der Waals surface area contributed by atoms with Crippen LogP contribution in [0, 0.1) is 5.92 Å². The van der Waals surface area contributed by atoms with Gasteiger partial charge in [0.15, 0.2) is 0 Å². The molecule has 0 spiro atoms. The summed E-state index contributed by atoms with van der Waals surface area (Å²) in [5, 5.41) is 2.77. The van der Waals surface area contributed by atoms with Crippen molar-refractivity contribution in [2.75, 3.05) is 11.9 Å². The second-order valence-electron chi connectivity index (χ2n) is 6.51. The van der Waals surface area contributed by atoms with Crippen LogP contribution in [0.15, 0.2) is 24.3 Å². The van der Waals surface area contributed by atoms with E-state index in [9.17, 15) is 14.4 Å². The van der Waals surface area contributed by atoms with Crippen LogP contribution in [-0.2, 0) is 9.59 Å². The summed E-state index contributed by atoms with van der Waals surface area (Å²) >= 11 is 0. The van der Waals surface area contributed by atoms with E-state index < -0.39 is 5.91 Å². The van der Waals surface area contributed by atoms with E-state index in [0.29, 0.717) is 17.8 Å². The Balaban J connectivity index is 2.01. The van der Waals surface area contributed by atoms with Gasteiger partial charge < -0.3 is 16.0 Å². The van der Waals surface area contributed by atoms with E-state index in [1.165, 1.54) is 0 Å². The SMILES string of the molecule is CC(C)(C)N1C[C@@H](C(=O)Nc2ccc(C(N)=O)cc2)CC1=O. The molecule has 0 aromatic heterocycles. The second kappa shape index (κ2) is 5.79. The van der Waals surface area contributed by atoms with Crippen LogP contribution < -0.4 is 11.1 Å². The summed E-state index contributed by atoms with van der Waals surface area (Å²) in [6.45, 7) is 6.28. The van der Waals surface area contributed by atoms with Crippen molar-refractivity contribution < 1.29 is 14.4 Å². The molecule has 2 rings (SSSR count). The first kappa shape index (κ1) is 16.0. The second-order valence-corrected chi connectivity index (χ2v) is 6.51. The zero-order valence-corrected chi connectivity index (χ0v) is 13.1. The van der Waals surface area contributed by atoms with Crippen molar-refractivity contribution in [3.63, 3.8) is 0 Å². The summed E-state index contributed by atoms with van der Waals surface area (Å²) in [6, 6.07) is 6.35. The zero-order valence-electron chi connectivity index (χ0n) is 13.1. The molecule has 3 amide bonds. The number of amides is 3. The third-order valence-corrected chi connectivity index (χ3v) is 3.74. The molecule has 0 radical (unpaired) electrons. The molecule has 1 saturated heterocycles. The normalized spacial score (nSPS) is 18.4. The average molecular weight is 303 g/mol. The van der Waals surface area contributed by atoms with Crippen molar-refractivity contribution in [2.45, 2.75) is 32.7 Å². The molecule has 118 valence electrons. The predicted molar refractivity (Wildman–Crippen MR) is 83.2 cm³/mol. The maximum atomic E-state index is 12.3. The molecule has 22 heavy (non-hydrogen) atoms. The number of carbonyl (C=O) groups is 3. The lowest BCUT2D eigenvalue weighted by Crippen LogP contribution is -2.42. The minimum Gasteiger partial charge on any atom is -0.366 e. The van der Waals surface area contributed by atoms with Gasteiger partial charge in [-0.2, -0.15) is 0 Å². The molecule has 3 N–H and O–H groups in total. The van der Waals surface area contributed by atoms with Gasteiger partial charge in [0.2, 0.25) is 17.7 Å². The Hall–Kier alpha value is -2.37. The number of nitrogens with two attached hydrogens (primary N) is 1. The van der Waals surface area contributed by atoms with E-state index in [4.69, 9.17) is 5.73 Å². The first-order valence-electron chi connectivity index (χ1n) is 7.19. The van der Waals surface area contributed by atoms with Gasteiger partial charge in [0.1, 0.15) is 0 Å². The predicted octanol–water partition coefficient (Wildman–Crippen LogP) is 1.37. The van der Waals surface area contributed by atoms with E-state index >= 15 is 0 Å². The van der Waals surface area contributed by atoms with E-state index in [0.717, 1.165) is 0 Å². The molecule has 1 fully saturated rings. The molecule has 1 atom stereocenters. The van der Waals surface area contributed by atoms with Crippen LogP contribution in [0.1, 0.15) is 37.6 Å². The van der Waals surface area contributed by atoms with Gasteiger partial charge in [0.25, 0.3) is 0 Å². The fourth-order valence-electron chi connectivity index (χ4n) is 2.49. The number of carbonyl (C=O) groups excluding carboxylic acids is 3. The lowest BCUT2D eigenvalue weighted by Gasteiger charge is -2.31. The number of anilines is 1. The van der Waals surface area contributed by atoms with E-state index in [1.807, 2.05) is 20.8 Å². The molecule has 0 unspecified atom stereocenters. The molecule has 0 saturated carbocycles. The number of primary amides is 1. The fraction of sp³-hybridized carbons (Fsp3) is 0.438. The van der Waals surface area contributed by atoms with Gasteiger partial charge >= 0.3 is 0 Å². The van der Waals surface area contributed by atoms with Gasteiger partial charge in [-0.05, 0) is 45.0 Å². The van der Waals surface area contributed by atoms with Crippen molar-refractivity contribution in [1.29, 1.82) is 0 Å². The minimum absolute atomic E-state index is 0.00303. The molecule has 1 aromatic rings. The molecular weight excluding hydrogens is 282 g/mol. The van der Waals surface area contributed by atoms with E-state index in [2.05, 4.69) is 5.32 Å². The Bertz CT molecular complexity index is 602. The van der Waals surface area contributed by atoms with Gasteiger partial charge in [-0.15, -0.1) is 0 Å². The summed E-state index contributed by atoms with van der Waals surface area (Å²) in [5.41, 5.74) is 5.85. The number of hydrogen-bond acceptors (Lipinski definition) is 3. The minimum atomic E-state index is -0.514. The van der Waals surface area contributed by atoms with Crippen molar-refractivity contribution in [2.24, 2.45) is 11.7 Å². The topological polar surface area (TPSA) is 92.5 Å². The molecule has 6 heteroatoms. The molecule has 1 aromatic carbocycles. The lowest BCUT2D eigenvalue weighted by atomic mass is 10.1. The molecule has 1 aliphatic heterocycles. The lowest BCUT2D eigenvalue weighted by molar-refractivity contribution is -0.131. The van der Waals surface area contributed by atoms with Crippen LogP contribution in [0.25, 0.3) is 0 Å². The van der Waals surface area contributed by atoms with Crippen LogP contribution >= 0.6 is 0 Å². The average Bonchev–Trinajstić information content (AvgIpc) is 2.81. The van der Waals surface area contributed by atoms with E-state index in [-0.39, 0.29) is 29.7 Å².